The summed E-state index contributed by atoms with van der Waals surface area (Å²) >= 11 is 0. The first kappa shape index (κ1) is 17.0. The Labute approximate surface area is 116 Å². The molecule has 2 aromatic rings. The fourth-order valence-electron chi connectivity index (χ4n) is 1.33. The molecule has 0 aromatic heterocycles. The van der Waals surface area contributed by atoms with Crippen molar-refractivity contribution in [3.8, 4) is 12.0 Å². The molecule has 0 heterocycles. The minimum absolute atomic E-state index is 0.612. The van der Waals surface area contributed by atoms with E-state index < -0.39 is 0 Å². The number of hydrogen-bond acceptors (Lipinski definition) is 2. The Hall–Kier alpha value is -2.01. The minimum atomic E-state index is 0.612. The lowest BCUT2D eigenvalue weighted by atomic mass is 10.1. The predicted octanol–water partition coefficient (Wildman–Crippen LogP) is 5.39. The van der Waals surface area contributed by atoms with Gasteiger partial charge in [-0.05, 0) is 17.4 Å². The molecule has 0 N–H and O–H groups in total. The predicted molar refractivity (Wildman–Crippen MR) is 82.0 cm³/mol. The van der Waals surface area contributed by atoms with Crippen LogP contribution in [0.4, 0.5) is 0 Å². The highest BCUT2D eigenvalue weighted by Gasteiger charge is 1.99. The van der Waals surface area contributed by atoms with Crippen molar-refractivity contribution in [2.75, 3.05) is 0 Å². The van der Waals surface area contributed by atoms with Crippen LogP contribution in [0.5, 0.6) is 5.75 Å². The van der Waals surface area contributed by atoms with Gasteiger partial charge in [-0.15, -0.1) is 5.26 Å². The van der Waals surface area contributed by atoms with E-state index in [1.54, 1.807) is 12.3 Å². The maximum Gasteiger partial charge on any atom is 0.292 e. The molecule has 0 aliphatic heterocycles. The number of benzene rings is 2. The first-order valence-corrected chi connectivity index (χ1v) is 6.69. The quantitative estimate of drug-likeness (QED) is 0.642. The summed E-state index contributed by atoms with van der Waals surface area (Å²) in [6, 6.07) is 13.4. The Bertz CT molecular complexity index is 504. The van der Waals surface area contributed by atoms with Crippen molar-refractivity contribution in [3.63, 3.8) is 0 Å². The summed E-state index contributed by atoms with van der Waals surface area (Å²) in [5.41, 5.74) is 0. The maximum atomic E-state index is 8.41. The molecule has 0 saturated carbocycles. The van der Waals surface area contributed by atoms with E-state index in [0.717, 1.165) is 16.7 Å². The molecule has 0 bridgehead atoms. The molecule has 0 saturated heterocycles. The van der Waals surface area contributed by atoms with Crippen LogP contribution in [0.3, 0.4) is 0 Å². The molecule has 0 aliphatic carbocycles. The Morgan fingerprint density at radius 1 is 0.947 bits per heavy atom. The van der Waals surface area contributed by atoms with Gasteiger partial charge in [0.15, 0.2) is 0 Å². The van der Waals surface area contributed by atoms with Gasteiger partial charge in [0, 0.05) is 5.39 Å². The zero-order chi connectivity index (χ0) is 14.7. The number of fused-ring (bicyclic) bond motifs is 1. The van der Waals surface area contributed by atoms with Crippen LogP contribution in [-0.2, 0) is 0 Å². The van der Waals surface area contributed by atoms with Gasteiger partial charge in [-0.3, -0.25) is 0 Å². The lowest BCUT2D eigenvalue weighted by molar-refractivity contribution is 0.513. The van der Waals surface area contributed by atoms with E-state index in [0.29, 0.717) is 5.75 Å². The molecule has 0 atom stereocenters. The Morgan fingerprint density at radius 2 is 1.47 bits per heavy atom. The molecule has 102 valence electrons. The summed E-state index contributed by atoms with van der Waals surface area (Å²) in [5.74, 6) is 1.44. The summed E-state index contributed by atoms with van der Waals surface area (Å²) in [7, 11) is 0. The lowest BCUT2D eigenvalue weighted by Gasteiger charge is -2.00. The zero-order valence-corrected chi connectivity index (χ0v) is 12.5. The molecule has 2 heteroatoms. The Balaban J connectivity index is 0.000000467. The van der Waals surface area contributed by atoms with Gasteiger partial charge in [-0.25, -0.2) is 0 Å². The number of rotatable bonds is 1. The van der Waals surface area contributed by atoms with E-state index in [-0.39, 0.29) is 0 Å². The van der Waals surface area contributed by atoms with Crippen LogP contribution in [-0.4, -0.2) is 0 Å². The van der Waals surface area contributed by atoms with Gasteiger partial charge in [0.25, 0.3) is 6.26 Å². The molecule has 19 heavy (non-hydrogen) atoms. The Kier molecular flexibility index (Phi) is 8.91. The third kappa shape index (κ3) is 6.47. The number of nitriles is 1. The molecule has 0 aliphatic rings. The van der Waals surface area contributed by atoms with Crippen molar-refractivity contribution in [2.45, 2.75) is 34.6 Å². The average molecular weight is 257 g/mol. The lowest BCUT2D eigenvalue weighted by Crippen LogP contribution is -1.82. The van der Waals surface area contributed by atoms with Gasteiger partial charge in [-0.1, -0.05) is 71.0 Å². The number of hydrogen-bond donors (Lipinski definition) is 0. The van der Waals surface area contributed by atoms with Crippen molar-refractivity contribution in [1.82, 2.24) is 0 Å². The molecule has 0 fully saturated rings. The molecule has 2 aromatic carbocycles. The van der Waals surface area contributed by atoms with Crippen LogP contribution in [0.2, 0.25) is 0 Å². The van der Waals surface area contributed by atoms with Crippen molar-refractivity contribution < 1.29 is 4.74 Å². The summed E-state index contributed by atoms with van der Waals surface area (Å²) < 4.78 is 4.82. The summed E-state index contributed by atoms with van der Waals surface area (Å²) in [6.45, 7) is 10.5. The summed E-state index contributed by atoms with van der Waals surface area (Å²) in [4.78, 5) is 0. The fourth-order valence-corrected chi connectivity index (χ4v) is 1.33. The highest BCUT2D eigenvalue weighted by molar-refractivity contribution is 5.88. The smallest absolute Gasteiger partial charge is 0.292 e. The molecular weight excluding hydrogens is 234 g/mol. The molecule has 0 radical (unpaired) electrons. The van der Waals surface area contributed by atoms with E-state index in [9.17, 15) is 0 Å². The minimum Gasteiger partial charge on any atom is -0.387 e. The molecule has 2 nitrogen and oxygen atoms in total. The number of ether oxygens (including phenoxy) is 1. The number of nitrogens with zero attached hydrogens (tertiary/aromatic N) is 1. The fraction of sp³-hybridized carbons (Fsp3) is 0.353. The first-order chi connectivity index (χ1) is 9.15. The average Bonchev–Trinajstić information content (AvgIpc) is 2.41. The summed E-state index contributed by atoms with van der Waals surface area (Å²) in [6.07, 6.45) is 1.68. The second-order valence-electron chi connectivity index (χ2n) is 4.40. The molecule has 0 unspecified atom stereocenters. The topological polar surface area (TPSA) is 33.0 Å². The normalized spacial score (nSPS) is 8.68. The highest BCUT2D eigenvalue weighted by Crippen LogP contribution is 2.24. The van der Waals surface area contributed by atoms with E-state index in [4.69, 9.17) is 10.00 Å². The van der Waals surface area contributed by atoms with Crippen LogP contribution >= 0.6 is 0 Å². The zero-order valence-electron chi connectivity index (χ0n) is 12.5. The van der Waals surface area contributed by atoms with Gasteiger partial charge < -0.3 is 4.74 Å². The second kappa shape index (κ2) is 9.96. The van der Waals surface area contributed by atoms with Crippen LogP contribution < -0.4 is 4.74 Å². The summed E-state index contributed by atoms with van der Waals surface area (Å²) in [5, 5.41) is 10.5. The van der Waals surface area contributed by atoms with Crippen molar-refractivity contribution in [2.24, 2.45) is 5.92 Å². The highest BCUT2D eigenvalue weighted by atomic mass is 16.5. The molecule has 2 rings (SSSR count). The van der Waals surface area contributed by atoms with Crippen molar-refractivity contribution in [1.29, 1.82) is 5.26 Å². The van der Waals surface area contributed by atoms with Gasteiger partial charge in [-0.2, -0.15) is 0 Å². The van der Waals surface area contributed by atoms with Crippen LogP contribution in [0.15, 0.2) is 42.5 Å². The van der Waals surface area contributed by atoms with Gasteiger partial charge in [0.05, 0.1) is 0 Å². The van der Waals surface area contributed by atoms with Gasteiger partial charge >= 0.3 is 0 Å². The Morgan fingerprint density at radius 3 is 2.05 bits per heavy atom. The van der Waals surface area contributed by atoms with Crippen LogP contribution in [0.1, 0.15) is 34.6 Å². The maximum absolute atomic E-state index is 8.41. The molecule has 0 amide bonds. The molecule has 0 spiro atoms. The van der Waals surface area contributed by atoms with E-state index in [1.807, 2.05) is 50.2 Å². The largest absolute Gasteiger partial charge is 0.387 e. The van der Waals surface area contributed by atoms with Crippen molar-refractivity contribution in [3.05, 3.63) is 42.5 Å². The van der Waals surface area contributed by atoms with E-state index >= 15 is 0 Å². The van der Waals surface area contributed by atoms with Crippen molar-refractivity contribution >= 4 is 10.8 Å². The SMILES string of the molecule is CC.CC(C)C.N#COc1cccc2ccccc12. The third-order valence-corrected chi connectivity index (χ3v) is 1.91. The van der Waals surface area contributed by atoms with E-state index in [2.05, 4.69) is 20.8 Å². The second-order valence-corrected chi connectivity index (χ2v) is 4.40. The monoisotopic (exact) mass is 257 g/mol. The van der Waals surface area contributed by atoms with Gasteiger partial charge in [0.2, 0.25) is 0 Å². The molecular formula is C17H23NO. The first-order valence-electron chi connectivity index (χ1n) is 6.69. The third-order valence-electron chi connectivity index (χ3n) is 1.91. The van der Waals surface area contributed by atoms with E-state index in [1.165, 1.54) is 0 Å². The standard InChI is InChI=1S/C11H7NO.C4H10.C2H6/c12-8-13-11-7-3-5-9-4-1-2-6-10(9)11;1-4(2)3;1-2/h1-7H;4H,1-3H3;1-2H3. The van der Waals surface area contributed by atoms with Gasteiger partial charge in [0.1, 0.15) is 5.75 Å². The van der Waals surface area contributed by atoms with Crippen LogP contribution in [0, 0.1) is 17.4 Å². The van der Waals surface area contributed by atoms with Crippen LogP contribution in [0.25, 0.3) is 10.8 Å².